The van der Waals surface area contributed by atoms with Crippen LogP contribution in [0.4, 0.5) is 16.3 Å². The summed E-state index contributed by atoms with van der Waals surface area (Å²) >= 11 is 1.65. The molecule has 0 spiro atoms. The normalized spacial score (nSPS) is 13.9. The predicted molar refractivity (Wildman–Crippen MR) is 76.8 cm³/mol. The minimum absolute atomic E-state index is 0.135. The molecule has 0 aliphatic carbocycles. The van der Waals surface area contributed by atoms with Gasteiger partial charge in [0, 0.05) is 23.2 Å². The molecule has 2 heterocycles. The number of anilines is 2. The molecule has 1 aliphatic rings. The summed E-state index contributed by atoms with van der Waals surface area (Å²) in [7, 11) is 0. The lowest BCUT2D eigenvalue weighted by Crippen LogP contribution is -2.41. The number of benzene rings is 1. The lowest BCUT2D eigenvalue weighted by Gasteiger charge is -2.28. The van der Waals surface area contributed by atoms with Crippen molar-refractivity contribution in [3.05, 3.63) is 48.2 Å². The standard InChI is InChI=1S/C14H13N3OS/c1-19-12-6-2-5-11(8-12)17-13-10(4-3-7-15-13)9-16-14(17)18/h2-8H,9H2,1H3,(H,16,18). The van der Waals surface area contributed by atoms with Gasteiger partial charge in [-0.25, -0.2) is 14.7 Å². The molecule has 0 unspecified atom stereocenters. The zero-order valence-electron chi connectivity index (χ0n) is 10.5. The topological polar surface area (TPSA) is 45.2 Å². The summed E-state index contributed by atoms with van der Waals surface area (Å²) in [5, 5.41) is 2.86. The van der Waals surface area contributed by atoms with Gasteiger partial charge in [-0.15, -0.1) is 11.8 Å². The smallest absolute Gasteiger partial charge is 0.327 e. The Morgan fingerprint density at radius 2 is 2.21 bits per heavy atom. The van der Waals surface area contributed by atoms with E-state index in [0.717, 1.165) is 16.1 Å². The van der Waals surface area contributed by atoms with Crippen LogP contribution < -0.4 is 10.2 Å². The number of hydrogen-bond donors (Lipinski definition) is 1. The van der Waals surface area contributed by atoms with Gasteiger partial charge in [-0.1, -0.05) is 12.1 Å². The summed E-state index contributed by atoms with van der Waals surface area (Å²) in [6, 6.07) is 11.6. The van der Waals surface area contributed by atoms with Crippen molar-refractivity contribution in [3.8, 4) is 0 Å². The molecule has 3 rings (SSSR count). The number of thioether (sulfide) groups is 1. The van der Waals surface area contributed by atoms with Crippen LogP contribution in [0.3, 0.4) is 0 Å². The maximum absolute atomic E-state index is 12.1. The molecule has 96 valence electrons. The second-order valence-electron chi connectivity index (χ2n) is 4.18. The fourth-order valence-corrected chi connectivity index (χ4v) is 2.56. The van der Waals surface area contributed by atoms with Crippen LogP contribution in [0.25, 0.3) is 0 Å². The third kappa shape index (κ3) is 2.17. The average molecular weight is 271 g/mol. The van der Waals surface area contributed by atoms with E-state index in [1.165, 1.54) is 0 Å². The van der Waals surface area contributed by atoms with E-state index in [-0.39, 0.29) is 6.03 Å². The molecule has 5 heteroatoms. The van der Waals surface area contributed by atoms with E-state index >= 15 is 0 Å². The van der Waals surface area contributed by atoms with Crippen LogP contribution in [0.5, 0.6) is 0 Å². The number of carbonyl (C=O) groups excluding carboxylic acids is 1. The van der Waals surface area contributed by atoms with E-state index in [4.69, 9.17) is 0 Å². The largest absolute Gasteiger partial charge is 0.333 e. The van der Waals surface area contributed by atoms with Gasteiger partial charge in [0.05, 0.1) is 5.69 Å². The second kappa shape index (κ2) is 4.93. The molecule has 0 bridgehead atoms. The monoisotopic (exact) mass is 271 g/mol. The highest BCUT2D eigenvalue weighted by Gasteiger charge is 2.26. The van der Waals surface area contributed by atoms with Crippen molar-refractivity contribution in [2.24, 2.45) is 0 Å². The third-order valence-corrected chi connectivity index (χ3v) is 3.75. The molecule has 0 fully saturated rings. The van der Waals surface area contributed by atoms with Crippen LogP contribution in [0.2, 0.25) is 0 Å². The number of nitrogens with zero attached hydrogens (tertiary/aromatic N) is 2. The molecule has 0 saturated carbocycles. The van der Waals surface area contributed by atoms with Gasteiger partial charge in [0.15, 0.2) is 0 Å². The van der Waals surface area contributed by atoms with Gasteiger partial charge < -0.3 is 5.32 Å². The number of nitrogens with one attached hydrogen (secondary N) is 1. The number of amides is 2. The number of rotatable bonds is 2. The number of carbonyl (C=O) groups is 1. The Bertz CT molecular complexity index is 630. The third-order valence-electron chi connectivity index (χ3n) is 3.02. The Balaban J connectivity index is 2.10. The van der Waals surface area contributed by atoms with Crippen LogP contribution in [0, 0.1) is 0 Å². The van der Waals surface area contributed by atoms with E-state index < -0.39 is 0 Å². The highest BCUT2D eigenvalue weighted by Crippen LogP contribution is 2.31. The molecule has 0 radical (unpaired) electrons. The van der Waals surface area contributed by atoms with E-state index in [9.17, 15) is 4.79 Å². The molecule has 0 atom stereocenters. The Labute approximate surface area is 115 Å². The molecule has 1 N–H and O–H groups in total. The van der Waals surface area contributed by atoms with E-state index in [2.05, 4.69) is 10.3 Å². The van der Waals surface area contributed by atoms with Crippen molar-refractivity contribution in [2.75, 3.05) is 11.2 Å². The second-order valence-corrected chi connectivity index (χ2v) is 5.06. The summed E-state index contributed by atoms with van der Waals surface area (Å²) < 4.78 is 0. The molecular weight excluding hydrogens is 258 g/mol. The molecule has 4 nitrogen and oxygen atoms in total. The van der Waals surface area contributed by atoms with Gasteiger partial charge in [0.1, 0.15) is 5.82 Å². The van der Waals surface area contributed by atoms with Crippen LogP contribution in [0.1, 0.15) is 5.56 Å². The number of urea groups is 1. The van der Waals surface area contributed by atoms with Crippen LogP contribution in [-0.4, -0.2) is 17.3 Å². The van der Waals surface area contributed by atoms with Crippen molar-refractivity contribution < 1.29 is 4.79 Å². The van der Waals surface area contributed by atoms with Crippen molar-refractivity contribution in [3.63, 3.8) is 0 Å². The minimum Gasteiger partial charge on any atom is -0.333 e. The van der Waals surface area contributed by atoms with Gasteiger partial charge in [-0.05, 0) is 30.5 Å². The lowest BCUT2D eigenvalue weighted by atomic mass is 10.2. The maximum Gasteiger partial charge on any atom is 0.327 e. The van der Waals surface area contributed by atoms with Gasteiger partial charge in [0.25, 0.3) is 0 Å². The number of aromatic nitrogens is 1. The quantitative estimate of drug-likeness (QED) is 0.853. The van der Waals surface area contributed by atoms with Gasteiger partial charge in [-0.3, -0.25) is 0 Å². The SMILES string of the molecule is CSc1cccc(N2C(=O)NCc3cccnc32)c1. The molecule has 1 aromatic carbocycles. The Morgan fingerprint density at radius 1 is 1.32 bits per heavy atom. The number of fused-ring (bicyclic) bond motifs is 1. The molecule has 1 aliphatic heterocycles. The van der Waals surface area contributed by atoms with Crippen molar-refractivity contribution in [1.29, 1.82) is 0 Å². The van der Waals surface area contributed by atoms with Crippen LogP contribution in [-0.2, 0) is 6.54 Å². The highest BCUT2D eigenvalue weighted by atomic mass is 32.2. The minimum atomic E-state index is -0.135. The molecule has 19 heavy (non-hydrogen) atoms. The molecule has 2 aromatic rings. The molecular formula is C14H13N3OS. The maximum atomic E-state index is 12.1. The molecule has 0 saturated heterocycles. The van der Waals surface area contributed by atoms with E-state index in [1.54, 1.807) is 22.9 Å². The Hall–Kier alpha value is -2.01. The summed E-state index contributed by atoms with van der Waals surface area (Å²) in [6.07, 6.45) is 3.73. The summed E-state index contributed by atoms with van der Waals surface area (Å²) in [4.78, 5) is 19.2. The van der Waals surface area contributed by atoms with Gasteiger partial charge in [-0.2, -0.15) is 0 Å². The fraction of sp³-hybridized carbons (Fsp3) is 0.143. The first-order valence-electron chi connectivity index (χ1n) is 5.95. The zero-order valence-corrected chi connectivity index (χ0v) is 11.3. The van der Waals surface area contributed by atoms with E-state index in [0.29, 0.717) is 12.4 Å². The molecule has 2 amide bonds. The van der Waals surface area contributed by atoms with Crippen molar-refractivity contribution in [1.82, 2.24) is 10.3 Å². The summed E-state index contributed by atoms with van der Waals surface area (Å²) in [5.74, 6) is 0.713. The Morgan fingerprint density at radius 3 is 3.05 bits per heavy atom. The zero-order chi connectivity index (χ0) is 13.2. The highest BCUT2D eigenvalue weighted by molar-refractivity contribution is 7.98. The summed E-state index contributed by atoms with van der Waals surface area (Å²) in [6.45, 7) is 0.528. The lowest BCUT2D eigenvalue weighted by molar-refractivity contribution is 0.247. The Kier molecular flexibility index (Phi) is 3.13. The molecule has 1 aromatic heterocycles. The van der Waals surface area contributed by atoms with Crippen LogP contribution >= 0.6 is 11.8 Å². The van der Waals surface area contributed by atoms with Crippen LogP contribution in [0.15, 0.2) is 47.5 Å². The van der Waals surface area contributed by atoms with Crippen molar-refractivity contribution in [2.45, 2.75) is 11.4 Å². The number of hydrogen-bond acceptors (Lipinski definition) is 3. The fourth-order valence-electron chi connectivity index (χ4n) is 2.10. The predicted octanol–water partition coefficient (Wildman–Crippen LogP) is 3.16. The summed E-state index contributed by atoms with van der Waals surface area (Å²) in [5.41, 5.74) is 1.86. The van der Waals surface area contributed by atoms with Gasteiger partial charge in [0.2, 0.25) is 0 Å². The first kappa shape index (κ1) is 12.0. The number of pyridine rings is 1. The first-order chi connectivity index (χ1) is 9.29. The first-order valence-corrected chi connectivity index (χ1v) is 7.18. The average Bonchev–Trinajstić information content (AvgIpc) is 2.47. The van der Waals surface area contributed by atoms with Crippen molar-refractivity contribution >= 4 is 29.3 Å². The van der Waals surface area contributed by atoms with E-state index in [1.807, 2.05) is 42.7 Å². The van der Waals surface area contributed by atoms with Gasteiger partial charge >= 0.3 is 6.03 Å².